The Morgan fingerprint density at radius 1 is 1.62 bits per heavy atom. The van der Waals surface area contributed by atoms with Crippen LogP contribution < -0.4 is 5.73 Å². The van der Waals surface area contributed by atoms with Crippen molar-refractivity contribution >= 4 is 0 Å². The van der Waals surface area contributed by atoms with E-state index < -0.39 is 6.10 Å². The molecule has 1 atom stereocenters. The molecule has 2 rings (SSSR count). The van der Waals surface area contributed by atoms with Gasteiger partial charge in [-0.25, -0.2) is 0 Å². The van der Waals surface area contributed by atoms with Gasteiger partial charge in [0.05, 0.1) is 5.69 Å². The lowest BCUT2D eigenvalue weighted by Gasteiger charge is -2.44. The Balaban J connectivity index is 2.10. The Morgan fingerprint density at radius 2 is 2.38 bits per heavy atom. The molecule has 0 bridgehead atoms. The lowest BCUT2D eigenvalue weighted by Crippen LogP contribution is -2.42. The summed E-state index contributed by atoms with van der Waals surface area (Å²) in [6.07, 6.45) is 5.70. The maximum atomic E-state index is 10.3. The first kappa shape index (κ1) is 11.6. The van der Waals surface area contributed by atoms with E-state index in [4.69, 9.17) is 5.73 Å². The molecule has 4 heteroatoms. The van der Waals surface area contributed by atoms with Gasteiger partial charge in [0, 0.05) is 24.7 Å². The Labute approximate surface area is 96.5 Å². The third-order valence-corrected chi connectivity index (χ3v) is 3.73. The topological polar surface area (TPSA) is 64.1 Å². The van der Waals surface area contributed by atoms with Crippen molar-refractivity contribution in [3.05, 3.63) is 18.0 Å². The number of aliphatic hydroxyl groups excluding tert-OH is 1. The van der Waals surface area contributed by atoms with Gasteiger partial charge in [-0.2, -0.15) is 5.10 Å². The van der Waals surface area contributed by atoms with E-state index in [1.165, 1.54) is 6.42 Å². The van der Waals surface area contributed by atoms with E-state index in [-0.39, 0.29) is 5.41 Å². The van der Waals surface area contributed by atoms with Crippen molar-refractivity contribution in [1.29, 1.82) is 0 Å². The zero-order chi connectivity index (χ0) is 11.6. The molecule has 1 aromatic rings. The fraction of sp³-hybridized carbons (Fsp3) is 0.750. The van der Waals surface area contributed by atoms with E-state index in [2.05, 4.69) is 12.0 Å². The molecular weight excluding hydrogens is 202 g/mol. The highest BCUT2D eigenvalue weighted by atomic mass is 16.3. The molecule has 1 aliphatic carbocycles. The largest absolute Gasteiger partial charge is 0.386 e. The number of nitrogens with two attached hydrogens (primary N) is 1. The van der Waals surface area contributed by atoms with E-state index in [0.29, 0.717) is 6.54 Å². The second-order valence-corrected chi connectivity index (χ2v) is 4.83. The van der Waals surface area contributed by atoms with Gasteiger partial charge in [-0.3, -0.25) is 4.68 Å². The van der Waals surface area contributed by atoms with E-state index in [1.54, 1.807) is 0 Å². The third-order valence-electron chi connectivity index (χ3n) is 3.73. The molecule has 1 saturated carbocycles. The van der Waals surface area contributed by atoms with Gasteiger partial charge in [0.1, 0.15) is 6.10 Å². The predicted molar refractivity (Wildman–Crippen MR) is 62.8 cm³/mol. The molecule has 90 valence electrons. The van der Waals surface area contributed by atoms with Crippen LogP contribution in [0.3, 0.4) is 0 Å². The van der Waals surface area contributed by atoms with Crippen molar-refractivity contribution < 1.29 is 5.11 Å². The van der Waals surface area contributed by atoms with Gasteiger partial charge < -0.3 is 10.8 Å². The number of aliphatic hydroxyl groups is 1. The summed E-state index contributed by atoms with van der Waals surface area (Å²) >= 11 is 0. The third kappa shape index (κ3) is 1.87. The first-order valence-electron chi connectivity index (χ1n) is 6.13. The molecule has 1 fully saturated rings. The average Bonchev–Trinajstić information content (AvgIpc) is 2.66. The quantitative estimate of drug-likeness (QED) is 0.794. The van der Waals surface area contributed by atoms with Gasteiger partial charge in [0.15, 0.2) is 0 Å². The highest BCUT2D eigenvalue weighted by Crippen LogP contribution is 2.48. The van der Waals surface area contributed by atoms with Crippen LogP contribution in [-0.4, -0.2) is 21.4 Å². The molecule has 0 spiro atoms. The standard InChI is InChI=1S/C12H21N3O/c1-2-7-15-8-4-10(14-15)11(16)12(9-13)5-3-6-12/h4,8,11,16H,2-3,5-7,9,13H2,1H3. The normalized spacial score (nSPS) is 20.4. The number of nitrogens with zero attached hydrogens (tertiary/aromatic N) is 2. The summed E-state index contributed by atoms with van der Waals surface area (Å²) in [7, 11) is 0. The van der Waals surface area contributed by atoms with Crippen molar-refractivity contribution in [3.8, 4) is 0 Å². The van der Waals surface area contributed by atoms with Crippen LogP contribution in [0.5, 0.6) is 0 Å². The van der Waals surface area contributed by atoms with Crippen molar-refractivity contribution in [3.63, 3.8) is 0 Å². The summed E-state index contributed by atoms with van der Waals surface area (Å²) in [4.78, 5) is 0. The van der Waals surface area contributed by atoms with Crippen LogP contribution in [-0.2, 0) is 6.54 Å². The monoisotopic (exact) mass is 223 g/mol. The summed E-state index contributed by atoms with van der Waals surface area (Å²) in [6, 6.07) is 1.91. The summed E-state index contributed by atoms with van der Waals surface area (Å²) in [5.74, 6) is 0. The first-order valence-corrected chi connectivity index (χ1v) is 6.13. The molecule has 0 saturated heterocycles. The molecule has 16 heavy (non-hydrogen) atoms. The molecule has 1 heterocycles. The summed E-state index contributed by atoms with van der Waals surface area (Å²) < 4.78 is 1.89. The maximum absolute atomic E-state index is 10.3. The van der Waals surface area contributed by atoms with Crippen LogP contribution in [0.4, 0.5) is 0 Å². The summed E-state index contributed by atoms with van der Waals surface area (Å²) in [5.41, 5.74) is 6.45. The Hall–Kier alpha value is -0.870. The summed E-state index contributed by atoms with van der Waals surface area (Å²) in [5, 5.41) is 14.7. The van der Waals surface area contributed by atoms with Crippen LogP contribution in [0.1, 0.15) is 44.4 Å². The van der Waals surface area contributed by atoms with Crippen LogP contribution in [0.15, 0.2) is 12.3 Å². The van der Waals surface area contributed by atoms with Gasteiger partial charge in [-0.1, -0.05) is 13.3 Å². The van der Waals surface area contributed by atoms with Gasteiger partial charge in [0.2, 0.25) is 0 Å². The SMILES string of the molecule is CCCn1ccc(C(O)C2(CN)CCC2)n1. The summed E-state index contributed by atoms with van der Waals surface area (Å²) in [6.45, 7) is 3.57. The van der Waals surface area contributed by atoms with Crippen LogP contribution in [0.25, 0.3) is 0 Å². The second-order valence-electron chi connectivity index (χ2n) is 4.83. The van der Waals surface area contributed by atoms with Crippen molar-refractivity contribution in [2.24, 2.45) is 11.1 Å². The molecule has 0 radical (unpaired) electrons. The Bertz CT molecular complexity index is 338. The van der Waals surface area contributed by atoms with Crippen molar-refractivity contribution in [2.45, 2.75) is 45.3 Å². The fourth-order valence-corrected chi connectivity index (χ4v) is 2.41. The smallest absolute Gasteiger partial charge is 0.105 e. The minimum atomic E-state index is -0.496. The number of hydrogen-bond acceptors (Lipinski definition) is 3. The van der Waals surface area contributed by atoms with E-state index >= 15 is 0 Å². The van der Waals surface area contributed by atoms with Gasteiger partial charge in [-0.05, 0) is 25.3 Å². The molecule has 1 aliphatic rings. The number of rotatable bonds is 5. The number of aromatic nitrogens is 2. The number of hydrogen-bond donors (Lipinski definition) is 2. The fourth-order valence-electron chi connectivity index (χ4n) is 2.41. The van der Waals surface area contributed by atoms with Gasteiger partial charge >= 0.3 is 0 Å². The van der Waals surface area contributed by atoms with E-state index in [0.717, 1.165) is 31.5 Å². The minimum Gasteiger partial charge on any atom is -0.386 e. The average molecular weight is 223 g/mol. The Morgan fingerprint density at radius 3 is 2.88 bits per heavy atom. The minimum absolute atomic E-state index is 0.106. The second kappa shape index (κ2) is 4.55. The van der Waals surface area contributed by atoms with Crippen molar-refractivity contribution in [1.82, 2.24) is 9.78 Å². The maximum Gasteiger partial charge on any atom is 0.105 e. The molecule has 1 unspecified atom stereocenters. The van der Waals surface area contributed by atoms with Crippen LogP contribution in [0, 0.1) is 5.41 Å². The van der Waals surface area contributed by atoms with Gasteiger partial charge in [-0.15, -0.1) is 0 Å². The molecule has 4 nitrogen and oxygen atoms in total. The molecule has 0 aliphatic heterocycles. The van der Waals surface area contributed by atoms with E-state index in [9.17, 15) is 5.11 Å². The van der Waals surface area contributed by atoms with Crippen LogP contribution >= 0.6 is 0 Å². The predicted octanol–water partition coefficient (Wildman–Crippen LogP) is 1.46. The van der Waals surface area contributed by atoms with Crippen LogP contribution in [0.2, 0.25) is 0 Å². The van der Waals surface area contributed by atoms with Crippen molar-refractivity contribution in [2.75, 3.05) is 6.54 Å². The highest BCUT2D eigenvalue weighted by molar-refractivity contribution is 5.10. The zero-order valence-corrected chi connectivity index (χ0v) is 9.89. The molecule has 0 aromatic carbocycles. The Kier molecular flexibility index (Phi) is 3.30. The highest BCUT2D eigenvalue weighted by Gasteiger charge is 2.43. The molecule has 0 amide bonds. The first-order chi connectivity index (χ1) is 7.72. The zero-order valence-electron chi connectivity index (χ0n) is 9.89. The lowest BCUT2D eigenvalue weighted by atomic mass is 9.64. The van der Waals surface area contributed by atoms with E-state index in [1.807, 2.05) is 16.9 Å². The molecular formula is C12H21N3O. The molecule has 1 aromatic heterocycles. The molecule has 3 N–H and O–H groups in total. The van der Waals surface area contributed by atoms with Gasteiger partial charge in [0.25, 0.3) is 0 Å². The lowest BCUT2D eigenvalue weighted by molar-refractivity contribution is -0.0325. The number of aryl methyl sites for hydroxylation is 1.